The van der Waals surface area contributed by atoms with Crippen LogP contribution in [0.3, 0.4) is 0 Å². The first-order valence-electron chi connectivity index (χ1n) is 9.28. The summed E-state index contributed by atoms with van der Waals surface area (Å²) in [5, 5.41) is 6.37. The van der Waals surface area contributed by atoms with E-state index >= 15 is 0 Å². The summed E-state index contributed by atoms with van der Waals surface area (Å²) in [5.41, 5.74) is 2.25. The highest BCUT2D eigenvalue weighted by Gasteiger charge is 2.45. The lowest BCUT2D eigenvalue weighted by molar-refractivity contribution is -0.184. The standard InChI is InChI=1S/C19H21F4N3O/c20-14-3-1-2-13-17-9-24-10-26(17)16(18(13)14)8-15(25-27)11-4-6-12(7-5-11)19(21,22)23/h1-3,9,11-12,15-16,24H,4-8,10H2/t11?,12?,15?,16-/m1/s1. The second kappa shape index (κ2) is 6.80. The third-order valence-electron chi connectivity index (χ3n) is 6.23. The van der Waals surface area contributed by atoms with Crippen LogP contribution in [0.15, 0.2) is 29.6 Å². The second-order valence-corrected chi connectivity index (χ2v) is 7.64. The molecule has 0 radical (unpaired) electrons. The van der Waals surface area contributed by atoms with Crippen LogP contribution in [0.2, 0.25) is 0 Å². The minimum Gasteiger partial charge on any atom is -0.372 e. The molecule has 1 unspecified atom stereocenters. The molecule has 2 aliphatic heterocycles. The fourth-order valence-electron chi connectivity index (χ4n) is 4.80. The number of hydrogen-bond acceptors (Lipinski definition) is 4. The summed E-state index contributed by atoms with van der Waals surface area (Å²) >= 11 is 0. The van der Waals surface area contributed by atoms with Crippen LogP contribution in [0.5, 0.6) is 0 Å². The maximum atomic E-state index is 14.5. The number of fused-ring (bicyclic) bond motifs is 3. The molecule has 0 aromatic heterocycles. The molecule has 2 heterocycles. The van der Waals surface area contributed by atoms with Crippen molar-refractivity contribution in [1.29, 1.82) is 0 Å². The third-order valence-corrected chi connectivity index (χ3v) is 6.23. The largest absolute Gasteiger partial charge is 0.391 e. The summed E-state index contributed by atoms with van der Waals surface area (Å²) in [5.74, 6) is -1.79. The van der Waals surface area contributed by atoms with E-state index in [1.807, 2.05) is 17.2 Å². The Kier molecular flexibility index (Phi) is 4.60. The average Bonchev–Trinajstić information content (AvgIpc) is 3.22. The summed E-state index contributed by atoms with van der Waals surface area (Å²) in [7, 11) is 0. The molecule has 8 heteroatoms. The zero-order valence-corrected chi connectivity index (χ0v) is 14.7. The van der Waals surface area contributed by atoms with Gasteiger partial charge in [-0.2, -0.15) is 18.1 Å². The Morgan fingerprint density at radius 2 is 1.96 bits per heavy atom. The summed E-state index contributed by atoms with van der Waals surface area (Å²) in [6.45, 7) is 0.514. The molecule has 0 saturated heterocycles. The van der Waals surface area contributed by atoms with Crippen molar-refractivity contribution in [2.24, 2.45) is 17.0 Å². The van der Waals surface area contributed by atoms with E-state index in [0.29, 0.717) is 31.5 Å². The molecule has 1 aromatic carbocycles. The number of alkyl halides is 3. The van der Waals surface area contributed by atoms with Gasteiger partial charge in [-0.05, 0) is 44.1 Å². The van der Waals surface area contributed by atoms with Crippen molar-refractivity contribution in [1.82, 2.24) is 10.2 Å². The highest BCUT2D eigenvalue weighted by atomic mass is 19.4. The molecule has 0 amide bonds. The van der Waals surface area contributed by atoms with E-state index in [-0.39, 0.29) is 30.6 Å². The Hall–Kier alpha value is -2.12. The number of nitroso groups, excluding NO2 is 1. The predicted octanol–water partition coefficient (Wildman–Crippen LogP) is 4.94. The van der Waals surface area contributed by atoms with E-state index in [4.69, 9.17) is 0 Å². The van der Waals surface area contributed by atoms with Crippen molar-refractivity contribution in [3.8, 4) is 0 Å². The Morgan fingerprint density at radius 1 is 1.22 bits per heavy atom. The zero-order chi connectivity index (χ0) is 19.2. The number of halogens is 4. The van der Waals surface area contributed by atoms with Crippen molar-refractivity contribution in [3.63, 3.8) is 0 Å². The van der Waals surface area contributed by atoms with E-state index in [2.05, 4.69) is 10.5 Å². The Labute approximate surface area is 154 Å². The monoisotopic (exact) mass is 383 g/mol. The van der Waals surface area contributed by atoms with Gasteiger partial charge in [0.15, 0.2) is 0 Å². The normalized spacial score (nSPS) is 28.2. The van der Waals surface area contributed by atoms with Gasteiger partial charge in [0.05, 0.1) is 30.4 Å². The fourth-order valence-corrected chi connectivity index (χ4v) is 4.80. The molecule has 1 fully saturated rings. The van der Waals surface area contributed by atoms with Crippen LogP contribution >= 0.6 is 0 Å². The molecule has 2 atom stereocenters. The lowest BCUT2D eigenvalue weighted by atomic mass is 9.76. The zero-order valence-electron chi connectivity index (χ0n) is 14.7. The minimum atomic E-state index is -4.18. The first kappa shape index (κ1) is 18.3. The quantitative estimate of drug-likeness (QED) is 0.592. The molecule has 0 bridgehead atoms. The lowest BCUT2D eigenvalue weighted by Gasteiger charge is -2.34. The Morgan fingerprint density at radius 3 is 2.63 bits per heavy atom. The van der Waals surface area contributed by atoms with Crippen LogP contribution in [0.25, 0.3) is 5.70 Å². The second-order valence-electron chi connectivity index (χ2n) is 7.64. The summed E-state index contributed by atoms with van der Waals surface area (Å²) in [6, 6.07) is 3.96. The Bertz CT molecular complexity index is 756. The van der Waals surface area contributed by atoms with Gasteiger partial charge in [-0.15, -0.1) is 0 Å². The highest BCUT2D eigenvalue weighted by molar-refractivity contribution is 5.73. The van der Waals surface area contributed by atoms with Crippen molar-refractivity contribution in [2.45, 2.75) is 50.4 Å². The summed E-state index contributed by atoms with van der Waals surface area (Å²) in [4.78, 5) is 13.6. The van der Waals surface area contributed by atoms with E-state index in [0.717, 1.165) is 11.3 Å². The lowest BCUT2D eigenvalue weighted by Crippen LogP contribution is -2.34. The van der Waals surface area contributed by atoms with Crippen LogP contribution in [0, 0.1) is 22.6 Å². The molecule has 3 aliphatic rings. The van der Waals surface area contributed by atoms with Crippen molar-refractivity contribution in [2.75, 3.05) is 6.67 Å². The van der Waals surface area contributed by atoms with Crippen molar-refractivity contribution in [3.05, 3.63) is 46.3 Å². The molecule has 4 rings (SSSR count). The molecular formula is C19H21F4N3O. The summed E-state index contributed by atoms with van der Waals surface area (Å²) < 4.78 is 53.2. The molecule has 146 valence electrons. The minimum absolute atomic E-state index is 0.0340. The maximum Gasteiger partial charge on any atom is 0.391 e. The number of hydrogen-bond donors (Lipinski definition) is 1. The fraction of sp³-hybridized carbons (Fsp3) is 0.579. The SMILES string of the molecule is O=NC(C[C@@H]1c2c(F)cccc2C2=CNCN21)C1CCC(C(F)(F)F)CC1. The first-order valence-corrected chi connectivity index (χ1v) is 9.28. The number of nitrogens with one attached hydrogen (secondary N) is 1. The number of rotatable bonds is 4. The molecule has 0 spiro atoms. The molecule has 1 N–H and O–H groups in total. The first-order chi connectivity index (χ1) is 12.9. The molecular weight excluding hydrogens is 362 g/mol. The van der Waals surface area contributed by atoms with Crippen LogP contribution < -0.4 is 5.32 Å². The van der Waals surface area contributed by atoms with Gasteiger partial charge in [0.25, 0.3) is 0 Å². The van der Waals surface area contributed by atoms with Gasteiger partial charge >= 0.3 is 6.18 Å². The molecule has 1 saturated carbocycles. The van der Waals surface area contributed by atoms with Crippen LogP contribution in [0.4, 0.5) is 17.6 Å². The van der Waals surface area contributed by atoms with Crippen LogP contribution in [-0.2, 0) is 0 Å². The molecule has 1 aromatic rings. The van der Waals surface area contributed by atoms with Crippen molar-refractivity contribution < 1.29 is 17.6 Å². The van der Waals surface area contributed by atoms with Gasteiger partial charge < -0.3 is 10.2 Å². The van der Waals surface area contributed by atoms with Crippen LogP contribution in [-0.4, -0.2) is 23.8 Å². The van der Waals surface area contributed by atoms with E-state index in [1.54, 1.807) is 6.07 Å². The average molecular weight is 383 g/mol. The Balaban J connectivity index is 1.52. The van der Waals surface area contributed by atoms with E-state index in [1.165, 1.54) is 6.07 Å². The number of benzene rings is 1. The molecule has 27 heavy (non-hydrogen) atoms. The summed E-state index contributed by atoms with van der Waals surface area (Å²) in [6.07, 6.45) is -1.30. The number of nitrogens with zero attached hydrogens (tertiary/aromatic N) is 2. The topological polar surface area (TPSA) is 44.7 Å². The molecule has 4 nitrogen and oxygen atoms in total. The third kappa shape index (κ3) is 3.19. The predicted molar refractivity (Wildman–Crippen MR) is 92.7 cm³/mol. The highest BCUT2D eigenvalue weighted by Crippen LogP contribution is 2.48. The van der Waals surface area contributed by atoms with E-state index < -0.39 is 18.1 Å². The molecule has 1 aliphatic carbocycles. The van der Waals surface area contributed by atoms with Gasteiger partial charge in [-0.3, -0.25) is 0 Å². The van der Waals surface area contributed by atoms with Gasteiger partial charge in [-0.1, -0.05) is 17.3 Å². The van der Waals surface area contributed by atoms with Gasteiger partial charge in [0.2, 0.25) is 0 Å². The van der Waals surface area contributed by atoms with Gasteiger partial charge in [0, 0.05) is 17.3 Å². The van der Waals surface area contributed by atoms with Gasteiger partial charge in [0.1, 0.15) is 5.82 Å². The van der Waals surface area contributed by atoms with Crippen molar-refractivity contribution >= 4 is 5.70 Å². The van der Waals surface area contributed by atoms with Crippen LogP contribution in [0.1, 0.15) is 49.3 Å². The maximum absolute atomic E-state index is 14.5. The van der Waals surface area contributed by atoms with E-state index in [9.17, 15) is 22.5 Å². The smallest absolute Gasteiger partial charge is 0.372 e. The van der Waals surface area contributed by atoms with Gasteiger partial charge in [-0.25, -0.2) is 4.39 Å².